The smallest absolute Gasteiger partial charge is 0.270 e. The molecule has 0 spiro atoms. The highest BCUT2D eigenvalue weighted by molar-refractivity contribution is 6.03. The van der Waals surface area contributed by atoms with E-state index in [1.165, 1.54) is 0 Å². The largest absolute Gasteiger partial charge is 0.370 e. The van der Waals surface area contributed by atoms with Crippen molar-refractivity contribution in [3.8, 4) is 11.4 Å². The summed E-state index contributed by atoms with van der Waals surface area (Å²) < 4.78 is 28.9. The molecule has 4 aromatic rings. The Balaban J connectivity index is 0.848. The predicted octanol–water partition coefficient (Wildman–Crippen LogP) is 4.13. The molecule has 2 aliphatic carbocycles. The fourth-order valence-corrected chi connectivity index (χ4v) is 7.99. The monoisotopic (exact) mass is 684 g/mol. The Hall–Kier alpha value is -5.14. The van der Waals surface area contributed by atoms with Gasteiger partial charge in [0, 0.05) is 78.6 Å². The van der Waals surface area contributed by atoms with Crippen LogP contribution in [0.25, 0.3) is 22.3 Å². The summed E-state index contributed by atoms with van der Waals surface area (Å²) in [7, 11) is 1.77. The Morgan fingerprint density at radius 2 is 1.98 bits per heavy atom. The number of amides is 4. The van der Waals surface area contributed by atoms with E-state index < -0.39 is 35.1 Å². The van der Waals surface area contributed by atoms with Crippen molar-refractivity contribution in [2.45, 2.75) is 63.8 Å². The van der Waals surface area contributed by atoms with Crippen LogP contribution in [-0.2, 0) is 27.2 Å². The molecule has 3 aromatic heterocycles. The summed E-state index contributed by atoms with van der Waals surface area (Å²) in [6.45, 7) is 3.24. The number of alkyl halides is 2. The van der Waals surface area contributed by atoms with Gasteiger partial charge in [-0.15, -0.1) is 0 Å². The standard InChI is InChI=1S/C36H38F2N8O4/c1-35-16-28-23(15-29(35)36(35,37)38)32(44-43-28)27-13-20-4-5-21(14-26(20)40-27)45(2)31(48)10-3-19-11-12-46(18-19)22-6-7-24(39-17-22)33(49)41-25-8-9-30(47)42-34(25)50/h4-7,13-14,17,19,25,29,40H,3,8-12,15-16,18H2,1-2H3,(H,41,49)(H,43,44)(H,42,47,50)/t19?,25?,29-,35+/m0/s1. The number of hydrogen-bond acceptors (Lipinski definition) is 7. The van der Waals surface area contributed by atoms with Gasteiger partial charge in [0.1, 0.15) is 17.4 Å². The van der Waals surface area contributed by atoms with E-state index in [0.717, 1.165) is 65.2 Å². The second-order valence-corrected chi connectivity index (χ2v) is 14.4. The zero-order valence-corrected chi connectivity index (χ0v) is 27.8. The number of rotatable bonds is 8. The van der Waals surface area contributed by atoms with E-state index in [2.05, 4.69) is 35.7 Å². The number of anilines is 2. The van der Waals surface area contributed by atoms with Gasteiger partial charge in [0.05, 0.1) is 17.6 Å². The molecule has 14 heteroatoms. The lowest BCUT2D eigenvalue weighted by atomic mass is 9.87. The lowest BCUT2D eigenvalue weighted by Gasteiger charge is -2.22. The number of pyridine rings is 1. The van der Waals surface area contributed by atoms with Gasteiger partial charge in [-0.2, -0.15) is 5.10 Å². The number of benzene rings is 1. The van der Waals surface area contributed by atoms with Crippen LogP contribution in [0.15, 0.2) is 42.6 Å². The van der Waals surface area contributed by atoms with Crippen LogP contribution < -0.4 is 20.4 Å². The Kier molecular flexibility index (Phi) is 7.53. The third-order valence-corrected chi connectivity index (χ3v) is 11.4. The summed E-state index contributed by atoms with van der Waals surface area (Å²) >= 11 is 0. The zero-order chi connectivity index (χ0) is 34.9. The number of imide groups is 1. The Labute approximate surface area is 286 Å². The fraction of sp³-hybridized carbons (Fsp3) is 0.444. The maximum atomic E-state index is 14.4. The van der Waals surface area contributed by atoms with Crippen LogP contribution in [0.2, 0.25) is 0 Å². The molecule has 1 aromatic carbocycles. The van der Waals surface area contributed by atoms with Crippen LogP contribution in [0, 0.1) is 17.3 Å². The van der Waals surface area contributed by atoms with Gasteiger partial charge in [0.15, 0.2) is 0 Å². The van der Waals surface area contributed by atoms with Crippen LogP contribution in [0.5, 0.6) is 0 Å². The lowest BCUT2D eigenvalue weighted by molar-refractivity contribution is -0.134. The minimum absolute atomic E-state index is 0.0115. The van der Waals surface area contributed by atoms with Gasteiger partial charge >= 0.3 is 0 Å². The molecule has 2 aliphatic heterocycles. The van der Waals surface area contributed by atoms with Gasteiger partial charge in [-0.05, 0) is 61.9 Å². The summed E-state index contributed by atoms with van der Waals surface area (Å²) in [4.78, 5) is 60.8. The Bertz CT molecular complexity index is 2040. The molecule has 260 valence electrons. The first-order valence-electron chi connectivity index (χ1n) is 17.1. The molecular formula is C36H38F2N8O4. The molecule has 12 nitrogen and oxygen atoms in total. The van der Waals surface area contributed by atoms with E-state index in [1.54, 1.807) is 31.1 Å². The first-order valence-corrected chi connectivity index (χ1v) is 17.1. The van der Waals surface area contributed by atoms with E-state index in [9.17, 15) is 28.0 Å². The van der Waals surface area contributed by atoms with E-state index in [4.69, 9.17) is 0 Å². The number of halogens is 2. The van der Waals surface area contributed by atoms with Crippen molar-refractivity contribution in [1.82, 2.24) is 30.8 Å². The Morgan fingerprint density at radius 1 is 1.14 bits per heavy atom. The summed E-state index contributed by atoms with van der Waals surface area (Å²) in [5.74, 6) is -4.29. The molecule has 8 rings (SSSR count). The van der Waals surface area contributed by atoms with Gasteiger partial charge < -0.3 is 20.1 Å². The number of hydrogen-bond donors (Lipinski definition) is 4. The fourth-order valence-electron chi connectivity index (χ4n) is 7.99. The number of H-pyrrole nitrogens is 2. The summed E-state index contributed by atoms with van der Waals surface area (Å²) in [6.07, 6.45) is 4.73. The number of fused-ring (bicyclic) bond motifs is 3. The van der Waals surface area contributed by atoms with Crippen molar-refractivity contribution in [3.63, 3.8) is 0 Å². The quantitative estimate of drug-likeness (QED) is 0.204. The minimum atomic E-state index is -2.65. The summed E-state index contributed by atoms with van der Waals surface area (Å²) in [5, 5.41) is 13.3. The molecular weight excluding hydrogens is 646 g/mol. The molecule has 50 heavy (non-hydrogen) atoms. The van der Waals surface area contributed by atoms with Crippen LogP contribution in [0.1, 0.15) is 60.8 Å². The number of piperidine rings is 1. The van der Waals surface area contributed by atoms with Gasteiger partial charge in [-0.25, -0.2) is 13.8 Å². The summed E-state index contributed by atoms with van der Waals surface area (Å²) in [5.41, 5.74) is 4.77. The molecule has 1 saturated carbocycles. The number of carbonyl (C=O) groups is 4. The third-order valence-electron chi connectivity index (χ3n) is 11.4. The second kappa shape index (κ2) is 11.7. The average Bonchev–Trinajstić information content (AvgIpc) is 3.70. The normalized spacial score (nSPS) is 25.2. The van der Waals surface area contributed by atoms with Crippen LogP contribution in [0.4, 0.5) is 20.2 Å². The van der Waals surface area contributed by atoms with Crippen molar-refractivity contribution in [3.05, 3.63) is 59.5 Å². The molecule has 4 N–H and O–H groups in total. The molecule has 4 atom stereocenters. The topological polar surface area (TPSA) is 156 Å². The number of aromatic amines is 2. The highest BCUT2D eigenvalue weighted by Crippen LogP contribution is 2.70. The van der Waals surface area contributed by atoms with Crippen molar-refractivity contribution in [1.29, 1.82) is 0 Å². The summed E-state index contributed by atoms with van der Waals surface area (Å²) in [6, 6.07) is 10.5. The van der Waals surface area contributed by atoms with Crippen molar-refractivity contribution >= 4 is 45.9 Å². The predicted molar refractivity (Wildman–Crippen MR) is 181 cm³/mol. The average molecular weight is 685 g/mol. The molecule has 5 heterocycles. The molecule has 3 fully saturated rings. The van der Waals surface area contributed by atoms with E-state index in [1.807, 2.05) is 30.3 Å². The minimum Gasteiger partial charge on any atom is -0.370 e. The first-order chi connectivity index (χ1) is 23.9. The van der Waals surface area contributed by atoms with Crippen molar-refractivity contribution < 1.29 is 28.0 Å². The lowest BCUT2D eigenvalue weighted by Crippen LogP contribution is -2.52. The zero-order valence-electron chi connectivity index (χ0n) is 27.8. The van der Waals surface area contributed by atoms with Crippen LogP contribution in [0.3, 0.4) is 0 Å². The number of aromatic nitrogens is 4. The van der Waals surface area contributed by atoms with Crippen molar-refractivity contribution in [2.24, 2.45) is 17.3 Å². The number of carbonyl (C=O) groups excluding carboxylic acids is 4. The van der Waals surface area contributed by atoms with E-state index >= 15 is 0 Å². The highest BCUT2D eigenvalue weighted by Gasteiger charge is 2.78. The van der Waals surface area contributed by atoms with E-state index in [0.29, 0.717) is 30.9 Å². The maximum Gasteiger partial charge on any atom is 0.270 e. The second-order valence-electron chi connectivity index (χ2n) is 14.4. The first kappa shape index (κ1) is 32.1. The molecule has 2 unspecified atom stereocenters. The van der Waals surface area contributed by atoms with Gasteiger partial charge in [-0.3, -0.25) is 29.6 Å². The Morgan fingerprint density at radius 3 is 2.76 bits per heavy atom. The number of nitrogens with one attached hydrogen (secondary N) is 4. The van der Waals surface area contributed by atoms with Gasteiger partial charge in [0.25, 0.3) is 11.8 Å². The maximum absolute atomic E-state index is 14.4. The van der Waals surface area contributed by atoms with Crippen molar-refractivity contribution in [2.75, 3.05) is 29.9 Å². The SMILES string of the molecule is CN(C(=O)CCC1CCN(c2ccc(C(=O)NC3CCC(=O)NC3=O)nc2)C1)c1ccc2cc(-c3n[nH]c4c3C[C@@H]3C(F)(F)[C@]3(C)C4)[nH]c2c1. The van der Waals surface area contributed by atoms with Crippen LogP contribution in [-0.4, -0.2) is 75.9 Å². The molecule has 4 aliphatic rings. The molecule has 2 saturated heterocycles. The molecule has 4 amide bonds. The van der Waals surface area contributed by atoms with Gasteiger partial charge in [-0.1, -0.05) is 13.0 Å². The third kappa shape index (κ3) is 5.41. The van der Waals surface area contributed by atoms with Gasteiger partial charge in [0.2, 0.25) is 17.7 Å². The highest BCUT2D eigenvalue weighted by atomic mass is 19.3. The number of nitrogens with zero attached hydrogens (tertiary/aromatic N) is 4. The van der Waals surface area contributed by atoms with Crippen LogP contribution >= 0.6 is 0 Å². The molecule has 0 bridgehead atoms. The van der Waals surface area contributed by atoms with E-state index in [-0.39, 0.29) is 30.3 Å². The molecule has 0 radical (unpaired) electrons.